The van der Waals surface area contributed by atoms with E-state index in [0.29, 0.717) is 12.8 Å². The molecule has 0 fully saturated rings. The number of nitrogens with zero attached hydrogens (tertiary/aromatic N) is 2. The third-order valence-corrected chi connectivity index (χ3v) is 8.23. The zero-order chi connectivity index (χ0) is 29.9. The summed E-state index contributed by atoms with van der Waals surface area (Å²) in [6.07, 6.45) is 30.9. The molecule has 0 amide bonds. The van der Waals surface area contributed by atoms with Crippen LogP contribution in [0.5, 0.6) is 0 Å². The zero-order valence-corrected chi connectivity index (χ0v) is 27.1. The number of unbranched alkanes of at least 4 members (excludes halogenated alkanes) is 20. The van der Waals surface area contributed by atoms with Crippen molar-refractivity contribution in [3.8, 4) is 0 Å². The van der Waals surface area contributed by atoms with Crippen LogP contribution in [0.2, 0.25) is 0 Å². The van der Waals surface area contributed by atoms with Gasteiger partial charge in [-0.3, -0.25) is 9.59 Å². The predicted molar refractivity (Wildman–Crippen MR) is 170 cm³/mol. The first kappa shape index (κ1) is 37.6. The largest absolute Gasteiger partial charge is 0.462 e. The van der Waals surface area contributed by atoms with Crippen LogP contribution in [-0.2, 0) is 19.1 Å². The highest BCUT2D eigenvalue weighted by Gasteiger charge is 2.37. The van der Waals surface area contributed by atoms with E-state index < -0.39 is 6.10 Å². The van der Waals surface area contributed by atoms with E-state index in [1.165, 1.54) is 116 Å². The van der Waals surface area contributed by atoms with Crippen LogP contribution in [0.25, 0.3) is 0 Å². The molecule has 0 aromatic heterocycles. The molecule has 0 spiro atoms. The van der Waals surface area contributed by atoms with E-state index in [2.05, 4.69) is 31.0 Å². The van der Waals surface area contributed by atoms with Crippen LogP contribution < -0.4 is 0 Å². The van der Waals surface area contributed by atoms with Gasteiger partial charge < -0.3 is 9.47 Å². The third kappa shape index (κ3) is 23.8. The van der Waals surface area contributed by atoms with Crippen molar-refractivity contribution < 1.29 is 19.1 Å². The lowest BCUT2D eigenvalue weighted by molar-refractivity contribution is -0.156. The molecule has 0 saturated carbocycles. The number of hydrogen-bond donors (Lipinski definition) is 0. The summed E-state index contributed by atoms with van der Waals surface area (Å²) in [5.41, 5.74) is -0.0233. The molecular formula is C35H65N2O4. The van der Waals surface area contributed by atoms with Crippen molar-refractivity contribution in [2.75, 3.05) is 6.61 Å². The minimum absolute atomic E-state index is 0.0233. The molecule has 1 rings (SSSR count). The van der Waals surface area contributed by atoms with Gasteiger partial charge in [0.1, 0.15) is 12.7 Å². The van der Waals surface area contributed by atoms with Gasteiger partial charge in [-0.2, -0.15) is 10.2 Å². The highest BCUT2D eigenvalue weighted by atomic mass is 16.6. The molecule has 0 aromatic carbocycles. The molecule has 1 aliphatic rings. The van der Waals surface area contributed by atoms with E-state index in [0.717, 1.165) is 44.9 Å². The Bertz CT molecular complexity index is 661. The van der Waals surface area contributed by atoms with Gasteiger partial charge in [0.15, 0.2) is 5.66 Å². The molecule has 0 N–H and O–H groups in total. The summed E-state index contributed by atoms with van der Waals surface area (Å²) in [4.78, 5) is 24.0. The number of ether oxygens (including phenoxy) is 2. The van der Waals surface area contributed by atoms with Crippen LogP contribution >= 0.6 is 0 Å². The van der Waals surface area contributed by atoms with Gasteiger partial charge in [-0.15, -0.1) is 0 Å². The normalized spacial score (nSPS) is 14.2. The van der Waals surface area contributed by atoms with Crippen molar-refractivity contribution in [1.82, 2.24) is 0 Å². The summed E-state index contributed by atoms with van der Waals surface area (Å²) in [5, 5.41) is 8.53. The van der Waals surface area contributed by atoms with Crippen molar-refractivity contribution in [1.29, 1.82) is 0 Å². The van der Waals surface area contributed by atoms with E-state index in [1.807, 2.05) is 0 Å². The van der Waals surface area contributed by atoms with Gasteiger partial charge in [-0.1, -0.05) is 136 Å². The monoisotopic (exact) mass is 577 g/mol. The van der Waals surface area contributed by atoms with Crippen LogP contribution in [0, 0.1) is 6.92 Å². The fraction of sp³-hybridized carbons (Fsp3) is 0.914. The highest BCUT2D eigenvalue weighted by molar-refractivity contribution is 5.70. The van der Waals surface area contributed by atoms with Crippen LogP contribution in [0.15, 0.2) is 10.2 Å². The second kappa shape index (κ2) is 26.2. The predicted octanol–water partition coefficient (Wildman–Crippen LogP) is 11.0. The molecule has 1 radical (unpaired) electrons. The van der Waals surface area contributed by atoms with Gasteiger partial charge in [0, 0.05) is 12.8 Å². The Balaban J connectivity index is 1.82. The van der Waals surface area contributed by atoms with Crippen molar-refractivity contribution in [3.05, 3.63) is 6.92 Å². The second-order valence-corrected chi connectivity index (χ2v) is 12.4. The Labute approximate surface area is 253 Å². The Morgan fingerprint density at radius 2 is 0.951 bits per heavy atom. The summed E-state index contributed by atoms with van der Waals surface area (Å²) in [5.74, 6) is -0.469. The average Bonchev–Trinajstić information content (AvgIpc) is 3.74. The fourth-order valence-electron chi connectivity index (χ4n) is 5.42. The number of rotatable bonds is 31. The van der Waals surface area contributed by atoms with E-state index >= 15 is 0 Å². The minimum atomic E-state index is -0.634. The first-order chi connectivity index (χ1) is 20.0. The van der Waals surface area contributed by atoms with Gasteiger partial charge in [-0.25, -0.2) is 0 Å². The minimum Gasteiger partial charge on any atom is -0.462 e. The summed E-state index contributed by atoms with van der Waals surface area (Å²) in [6.45, 7) is 8.34. The topological polar surface area (TPSA) is 77.3 Å². The van der Waals surface area contributed by atoms with Gasteiger partial charge in [0.25, 0.3) is 0 Å². The van der Waals surface area contributed by atoms with Crippen LogP contribution in [0.4, 0.5) is 0 Å². The molecule has 1 aliphatic heterocycles. The van der Waals surface area contributed by atoms with Crippen molar-refractivity contribution in [2.24, 2.45) is 10.2 Å². The molecule has 1 unspecified atom stereocenters. The molecule has 0 aromatic rings. The zero-order valence-electron chi connectivity index (χ0n) is 27.1. The van der Waals surface area contributed by atoms with Crippen LogP contribution in [0.3, 0.4) is 0 Å². The molecule has 0 saturated heterocycles. The van der Waals surface area contributed by atoms with Crippen molar-refractivity contribution >= 4 is 11.9 Å². The van der Waals surface area contributed by atoms with Gasteiger partial charge >= 0.3 is 11.9 Å². The lowest BCUT2D eigenvalue weighted by Crippen LogP contribution is -2.22. The van der Waals surface area contributed by atoms with Crippen molar-refractivity contribution in [2.45, 2.75) is 199 Å². The number of carbonyl (C=O) groups excluding carboxylic acids is 2. The maximum absolute atomic E-state index is 12.0. The van der Waals surface area contributed by atoms with E-state index in [4.69, 9.17) is 9.47 Å². The van der Waals surface area contributed by atoms with Crippen LogP contribution in [-0.4, -0.2) is 30.3 Å². The first-order valence-electron chi connectivity index (χ1n) is 17.6. The second-order valence-electron chi connectivity index (χ2n) is 12.4. The maximum Gasteiger partial charge on any atom is 0.306 e. The SMILES string of the molecule is [CH2]C(COC(=O)CCCCCCCCCCCCCCCCC)OC(=O)CCCCCCCCC1(CCCC)N=N1. The Kier molecular flexibility index (Phi) is 24.0. The molecule has 239 valence electrons. The molecular weight excluding hydrogens is 512 g/mol. The third-order valence-electron chi connectivity index (χ3n) is 8.23. The van der Waals surface area contributed by atoms with E-state index in [1.54, 1.807) is 0 Å². The summed E-state index contributed by atoms with van der Waals surface area (Å²) in [6, 6.07) is 0. The Hall–Kier alpha value is -1.46. The molecule has 6 nitrogen and oxygen atoms in total. The molecule has 0 bridgehead atoms. The summed E-state index contributed by atoms with van der Waals surface area (Å²) >= 11 is 0. The lowest BCUT2D eigenvalue weighted by Gasteiger charge is -2.13. The lowest BCUT2D eigenvalue weighted by atomic mass is 9.98. The van der Waals surface area contributed by atoms with Gasteiger partial charge in [0.05, 0.1) is 0 Å². The maximum atomic E-state index is 12.0. The van der Waals surface area contributed by atoms with Crippen LogP contribution in [0.1, 0.15) is 187 Å². The summed E-state index contributed by atoms with van der Waals surface area (Å²) in [7, 11) is 0. The standard InChI is InChI=1S/C35H65N2O4/c1-4-6-8-9-10-11-12-13-14-15-16-17-18-21-24-27-33(38)40-31-32(3)41-34(39)28-25-22-19-20-23-26-30-35(36-37-35)29-7-5-2/h32H,3-31H2,1-2H3. The van der Waals surface area contributed by atoms with Gasteiger partial charge in [0.2, 0.25) is 0 Å². The molecule has 1 heterocycles. The average molecular weight is 578 g/mol. The molecule has 1 atom stereocenters. The van der Waals surface area contributed by atoms with Gasteiger partial charge in [-0.05, 0) is 45.4 Å². The van der Waals surface area contributed by atoms with E-state index in [-0.39, 0.29) is 24.2 Å². The highest BCUT2D eigenvalue weighted by Crippen LogP contribution is 2.38. The fourth-order valence-corrected chi connectivity index (χ4v) is 5.42. The Morgan fingerprint density at radius 3 is 1.41 bits per heavy atom. The number of esters is 2. The van der Waals surface area contributed by atoms with E-state index in [9.17, 15) is 9.59 Å². The quantitative estimate of drug-likeness (QED) is 0.0606. The number of hydrogen-bond acceptors (Lipinski definition) is 6. The van der Waals surface area contributed by atoms with Crippen molar-refractivity contribution in [3.63, 3.8) is 0 Å². The smallest absolute Gasteiger partial charge is 0.306 e. The molecule has 0 aliphatic carbocycles. The molecule has 41 heavy (non-hydrogen) atoms. The first-order valence-corrected chi connectivity index (χ1v) is 17.6. The summed E-state index contributed by atoms with van der Waals surface area (Å²) < 4.78 is 10.6. The number of carbonyl (C=O) groups is 2. The molecule has 6 heteroatoms. The Morgan fingerprint density at radius 1 is 0.561 bits per heavy atom.